The fraction of sp³-hybridized carbons (Fsp3) is 0. The predicted octanol–water partition coefficient (Wildman–Crippen LogP) is 4.09. The number of amides is 1. The number of nitrogens with zero attached hydrogens (tertiary/aromatic N) is 1. The van der Waals surface area contributed by atoms with Crippen LogP contribution in [0.2, 0.25) is 0 Å². The number of para-hydroxylation sites is 1. The van der Waals surface area contributed by atoms with Crippen LogP contribution in [0.5, 0.6) is 0 Å². The van der Waals surface area contributed by atoms with E-state index in [1.54, 1.807) is 0 Å². The van der Waals surface area contributed by atoms with Crippen LogP contribution in [-0.4, -0.2) is 12.6 Å². The highest BCUT2D eigenvalue weighted by Gasteiger charge is 2.46. The van der Waals surface area contributed by atoms with Gasteiger partial charge < -0.3 is 0 Å². The van der Waals surface area contributed by atoms with Crippen molar-refractivity contribution in [1.29, 1.82) is 0 Å². The Kier molecular flexibility index (Phi) is 2.42. The summed E-state index contributed by atoms with van der Waals surface area (Å²) in [7, 11) is 0. The molecule has 0 spiro atoms. The van der Waals surface area contributed by atoms with Gasteiger partial charge in [-0.1, -0.05) is 72.2 Å². The molecule has 1 amide bonds. The van der Waals surface area contributed by atoms with Crippen molar-refractivity contribution in [3.8, 4) is 11.1 Å². The first-order valence-corrected chi connectivity index (χ1v) is 10.4. The number of hydrogen-bond acceptors (Lipinski definition) is 1. The van der Waals surface area contributed by atoms with Crippen molar-refractivity contribution in [2.24, 2.45) is 0 Å². The number of carbonyl (C=O) groups is 1. The lowest BCUT2D eigenvalue weighted by molar-refractivity contribution is 0.100. The molecular formula is C27H14BNO. The summed E-state index contributed by atoms with van der Waals surface area (Å²) in [6, 6.07) is 30.1. The molecule has 5 aromatic carbocycles. The Hall–Kier alpha value is -3.85. The first-order valence-electron chi connectivity index (χ1n) is 10.4. The van der Waals surface area contributed by atoms with Crippen LogP contribution in [0.25, 0.3) is 32.7 Å². The molecule has 136 valence electrons. The molecular weight excluding hydrogens is 365 g/mol. The van der Waals surface area contributed by atoms with E-state index in [0.717, 1.165) is 27.7 Å². The molecule has 0 N–H and O–H groups in total. The Morgan fingerprint density at radius 3 is 2.27 bits per heavy atom. The van der Waals surface area contributed by atoms with Crippen LogP contribution in [-0.2, 0) is 0 Å². The number of carbonyl (C=O) groups excluding carboxylic acids is 1. The maximum atomic E-state index is 13.5. The third-order valence-corrected chi connectivity index (χ3v) is 7.15. The van der Waals surface area contributed by atoms with E-state index in [4.69, 9.17) is 0 Å². The molecule has 3 aliphatic heterocycles. The molecule has 8 rings (SSSR count). The van der Waals surface area contributed by atoms with E-state index >= 15 is 0 Å². The third kappa shape index (κ3) is 1.49. The molecule has 0 aromatic heterocycles. The molecule has 0 aliphatic carbocycles. The van der Waals surface area contributed by atoms with Gasteiger partial charge in [0.2, 0.25) is 6.71 Å². The van der Waals surface area contributed by atoms with Crippen molar-refractivity contribution in [3.63, 3.8) is 0 Å². The van der Waals surface area contributed by atoms with Gasteiger partial charge in [-0.3, -0.25) is 9.69 Å². The quantitative estimate of drug-likeness (QED) is 0.364. The summed E-state index contributed by atoms with van der Waals surface area (Å²) in [5, 5.41) is 4.86. The largest absolute Gasteiger partial charge is 0.277 e. The highest BCUT2D eigenvalue weighted by Crippen LogP contribution is 2.46. The summed E-state index contributed by atoms with van der Waals surface area (Å²) < 4.78 is 0. The van der Waals surface area contributed by atoms with Crippen LogP contribution in [0.4, 0.5) is 11.4 Å². The second-order valence-corrected chi connectivity index (χ2v) is 8.47. The Morgan fingerprint density at radius 1 is 0.633 bits per heavy atom. The monoisotopic (exact) mass is 379 g/mol. The van der Waals surface area contributed by atoms with E-state index in [9.17, 15) is 4.79 Å². The van der Waals surface area contributed by atoms with Gasteiger partial charge in [-0.05, 0) is 56.4 Å². The summed E-state index contributed by atoms with van der Waals surface area (Å²) in [5.74, 6) is 0.0898. The molecule has 0 fully saturated rings. The fourth-order valence-corrected chi connectivity index (χ4v) is 6.08. The fourth-order valence-electron chi connectivity index (χ4n) is 6.08. The van der Waals surface area contributed by atoms with Gasteiger partial charge in [-0.25, -0.2) is 0 Å². The lowest BCUT2D eigenvalue weighted by Crippen LogP contribution is -2.60. The second kappa shape index (κ2) is 4.82. The summed E-state index contributed by atoms with van der Waals surface area (Å²) in [5.41, 5.74) is 9.31. The zero-order valence-electron chi connectivity index (χ0n) is 16.0. The van der Waals surface area contributed by atoms with Crippen molar-refractivity contribution in [1.82, 2.24) is 0 Å². The molecule has 0 atom stereocenters. The maximum absolute atomic E-state index is 13.5. The van der Waals surface area contributed by atoms with Gasteiger partial charge in [0, 0.05) is 11.1 Å². The van der Waals surface area contributed by atoms with E-state index < -0.39 is 0 Å². The SMILES string of the molecule is O=C1c2cccc3cc4c5c(c23)N1c1ccccc1B5c1cccc2cccc-4c12. The van der Waals surface area contributed by atoms with Crippen molar-refractivity contribution < 1.29 is 4.79 Å². The molecule has 0 unspecified atom stereocenters. The summed E-state index contributed by atoms with van der Waals surface area (Å²) in [4.78, 5) is 15.5. The zero-order valence-corrected chi connectivity index (χ0v) is 16.0. The van der Waals surface area contributed by atoms with Crippen molar-refractivity contribution in [2.45, 2.75) is 0 Å². The number of anilines is 2. The first-order chi connectivity index (χ1) is 14.8. The minimum atomic E-state index is 0.0898. The van der Waals surface area contributed by atoms with Gasteiger partial charge >= 0.3 is 0 Å². The van der Waals surface area contributed by atoms with Gasteiger partial charge in [0.1, 0.15) is 0 Å². The van der Waals surface area contributed by atoms with Gasteiger partial charge in [0.05, 0.1) is 11.3 Å². The summed E-state index contributed by atoms with van der Waals surface area (Å²) in [6.07, 6.45) is 0. The predicted molar refractivity (Wildman–Crippen MR) is 124 cm³/mol. The summed E-state index contributed by atoms with van der Waals surface area (Å²) >= 11 is 0. The van der Waals surface area contributed by atoms with Crippen molar-refractivity contribution in [3.05, 3.63) is 90.5 Å². The zero-order chi connectivity index (χ0) is 19.6. The molecule has 2 nitrogen and oxygen atoms in total. The average Bonchev–Trinajstić information content (AvgIpc) is 3.10. The van der Waals surface area contributed by atoms with E-state index in [1.807, 2.05) is 23.1 Å². The smallest absolute Gasteiger partial charge is 0.263 e. The third-order valence-electron chi connectivity index (χ3n) is 7.15. The molecule has 3 heteroatoms. The molecule has 0 saturated heterocycles. The molecule has 3 heterocycles. The molecule has 5 aromatic rings. The van der Waals surface area contributed by atoms with Crippen molar-refractivity contribution in [2.75, 3.05) is 4.90 Å². The topological polar surface area (TPSA) is 20.3 Å². The van der Waals surface area contributed by atoms with Gasteiger partial charge in [0.15, 0.2) is 0 Å². The molecule has 0 saturated carbocycles. The number of rotatable bonds is 0. The lowest BCUT2D eigenvalue weighted by atomic mass is 9.32. The van der Waals surface area contributed by atoms with E-state index in [-0.39, 0.29) is 12.6 Å². The van der Waals surface area contributed by atoms with E-state index in [2.05, 4.69) is 66.7 Å². The first kappa shape index (κ1) is 15.1. The number of hydrogen-bond donors (Lipinski definition) is 0. The van der Waals surface area contributed by atoms with Gasteiger partial charge in [-0.15, -0.1) is 0 Å². The van der Waals surface area contributed by atoms with Gasteiger partial charge in [0.25, 0.3) is 5.91 Å². The van der Waals surface area contributed by atoms with Crippen LogP contribution < -0.4 is 21.3 Å². The van der Waals surface area contributed by atoms with Crippen LogP contribution in [0.1, 0.15) is 10.4 Å². The Labute approximate surface area is 173 Å². The summed E-state index contributed by atoms with van der Waals surface area (Å²) in [6.45, 7) is 0.143. The molecule has 0 bridgehead atoms. The number of fused-ring (bicyclic) bond motifs is 5. The van der Waals surface area contributed by atoms with Crippen LogP contribution in [0.3, 0.4) is 0 Å². The highest BCUT2D eigenvalue weighted by molar-refractivity contribution is 7.01. The minimum absolute atomic E-state index is 0.0898. The van der Waals surface area contributed by atoms with Crippen LogP contribution in [0.15, 0.2) is 84.9 Å². The van der Waals surface area contributed by atoms with Crippen LogP contribution in [0, 0.1) is 0 Å². The Morgan fingerprint density at radius 2 is 1.37 bits per heavy atom. The maximum Gasteiger partial charge on any atom is 0.263 e. The number of benzene rings is 5. The highest BCUT2D eigenvalue weighted by atomic mass is 16.2. The second-order valence-electron chi connectivity index (χ2n) is 8.47. The van der Waals surface area contributed by atoms with Gasteiger partial charge in [-0.2, -0.15) is 0 Å². The standard InChI is InChI=1S/C27H14BNO/c30-27-18-10-4-8-16-14-19-17-9-3-6-15-7-5-12-21(23(15)17)28-20-11-1-2-13-22(20)29(27)26(24(16)18)25(19)28/h1-14H. The molecule has 30 heavy (non-hydrogen) atoms. The Balaban J connectivity index is 1.68. The normalized spacial score (nSPS) is 14.6. The van der Waals surface area contributed by atoms with E-state index in [0.29, 0.717) is 0 Å². The molecule has 0 radical (unpaired) electrons. The lowest BCUT2D eigenvalue weighted by Gasteiger charge is -2.37. The average molecular weight is 379 g/mol. The Bertz CT molecular complexity index is 1630. The van der Waals surface area contributed by atoms with E-state index in [1.165, 1.54) is 38.3 Å². The minimum Gasteiger partial charge on any atom is -0.277 e. The van der Waals surface area contributed by atoms with Crippen molar-refractivity contribution >= 4 is 61.9 Å². The van der Waals surface area contributed by atoms with Crippen LogP contribution >= 0.6 is 0 Å². The molecule has 3 aliphatic rings.